The van der Waals surface area contributed by atoms with Gasteiger partial charge in [-0.25, -0.2) is 0 Å². The SMILES string of the molecule is CCCCCCCN=[N+]=[N-].[H-].[Na+]. The molecule has 0 aromatic rings. The molecule has 60 valence electrons. The summed E-state index contributed by atoms with van der Waals surface area (Å²) < 4.78 is 0. The van der Waals surface area contributed by atoms with Crippen LogP contribution in [0.4, 0.5) is 0 Å². The molecule has 0 aromatic carbocycles. The molecule has 0 N–H and O–H groups in total. The van der Waals surface area contributed by atoms with Crippen LogP contribution in [0.1, 0.15) is 40.5 Å². The van der Waals surface area contributed by atoms with Gasteiger partial charge in [0.25, 0.3) is 0 Å². The first kappa shape index (κ1) is 13.9. The minimum absolute atomic E-state index is 0. The topological polar surface area (TPSA) is 48.8 Å². The third-order valence-corrected chi connectivity index (χ3v) is 1.42. The van der Waals surface area contributed by atoms with E-state index in [-0.39, 0.29) is 31.0 Å². The van der Waals surface area contributed by atoms with Crippen molar-refractivity contribution in [2.24, 2.45) is 5.11 Å². The van der Waals surface area contributed by atoms with Gasteiger partial charge in [-0.15, -0.1) is 0 Å². The Labute approximate surface area is 92.0 Å². The third-order valence-electron chi connectivity index (χ3n) is 1.42. The van der Waals surface area contributed by atoms with E-state index in [4.69, 9.17) is 5.53 Å². The smallest absolute Gasteiger partial charge is 1.00 e. The average Bonchev–Trinajstić information content (AvgIpc) is 1.97. The molecular weight excluding hydrogens is 149 g/mol. The largest absolute Gasteiger partial charge is 1.00 e. The third kappa shape index (κ3) is 13.3. The predicted molar refractivity (Wildman–Crippen MR) is 43.9 cm³/mol. The Morgan fingerprint density at radius 1 is 1.27 bits per heavy atom. The van der Waals surface area contributed by atoms with Crippen LogP contribution >= 0.6 is 0 Å². The monoisotopic (exact) mass is 165 g/mol. The number of nitrogens with zero attached hydrogens (tertiary/aromatic N) is 3. The zero-order valence-electron chi connectivity index (χ0n) is 8.58. The Bertz CT molecular complexity index is 115. The molecule has 0 aliphatic rings. The van der Waals surface area contributed by atoms with Crippen molar-refractivity contribution in [2.45, 2.75) is 39.0 Å². The molecule has 0 bridgehead atoms. The molecule has 0 aromatic heterocycles. The van der Waals surface area contributed by atoms with Crippen LogP contribution in [0, 0.1) is 0 Å². The molecule has 0 saturated carbocycles. The van der Waals surface area contributed by atoms with Crippen LogP contribution in [-0.2, 0) is 0 Å². The maximum Gasteiger partial charge on any atom is 1.00 e. The summed E-state index contributed by atoms with van der Waals surface area (Å²) in [5, 5.41) is 3.45. The number of hydrogen-bond acceptors (Lipinski definition) is 1. The van der Waals surface area contributed by atoms with E-state index in [1.54, 1.807) is 0 Å². The molecule has 0 aliphatic heterocycles. The second-order valence-corrected chi connectivity index (χ2v) is 2.37. The van der Waals surface area contributed by atoms with Gasteiger partial charge in [0.15, 0.2) is 0 Å². The molecule has 0 atom stereocenters. The first-order valence-electron chi connectivity index (χ1n) is 3.92. The van der Waals surface area contributed by atoms with Crippen molar-refractivity contribution in [3.8, 4) is 0 Å². The summed E-state index contributed by atoms with van der Waals surface area (Å²) in [4.78, 5) is 2.68. The Kier molecular flexibility index (Phi) is 16.3. The molecular formula is C7H16N3Na. The van der Waals surface area contributed by atoms with Crippen molar-refractivity contribution in [3.63, 3.8) is 0 Å². The van der Waals surface area contributed by atoms with Gasteiger partial charge in [-0.1, -0.05) is 37.7 Å². The number of hydrogen-bond donors (Lipinski definition) is 0. The zero-order valence-corrected chi connectivity index (χ0v) is 9.58. The minimum Gasteiger partial charge on any atom is -1.00 e. The van der Waals surface area contributed by atoms with Crippen molar-refractivity contribution in [1.29, 1.82) is 0 Å². The van der Waals surface area contributed by atoms with Gasteiger partial charge in [-0.2, -0.15) is 0 Å². The van der Waals surface area contributed by atoms with E-state index in [0.29, 0.717) is 6.54 Å². The van der Waals surface area contributed by atoms with E-state index < -0.39 is 0 Å². The van der Waals surface area contributed by atoms with Crippen LogP contribution in [0.2, 0.25) is 0 Å². The summed E-state index contributed by atoms with van der Waals surface area (Å²) in [5.41, 5.74) is 7.93. The quantitative estimate of drug-likeness (QED) is 0.180. The molecule has 0 radical (unpaired) electrons. The van der Waals surface area contributed by atoms with Gasteiger partial charge in [0.2, 0.25) is 0 Å². The van der Waals surface area contributed by atoms with E-state index in [9.17, 15) is 0 Å². The van der Waals surface area contributed by atoms with Crippen molar-refractivity contribution in [1.82, 2.24) is 0 Å². The molecule has 0 fully saturated rings. The van der Waals surface area contributed by atoms with Gasteiger partial charge >= 0.3 is 29.6 Å². The molecule has 0 heterocycles. The van der Waals surface area contributed by atoms with Crippen LogP contribution < -0.4 is 29.6 Å². The molecule has 11 heavy (non-hydrogen) atoms. The summed E-state index contributed by atoms with van der Waals surface area (Å²) in [6, 6.07) is 0. The van der Waals surface area contributed by atoms with Crippen LogP contribution in [0.25, 0.3) is 10.4 Å². The van der Waals surface area contributed by atoms with Gasteiger partial charge in [0, 0.05) is 11.5 Å². The Morgan fingerprint density at radius 3 is 2.45 bits per heavy atom. The fourth-order valence-electron chi connectivity index (χ4n) is 0.831. The standard InChI is InChI=1S/C7H15N3.Na.H/c1-2-3-4-5-6-7-9-10-8;;/h2-7H2,1H3;;/q;+1;-1. The van der Waals surface area contributed by atoms with Gasteiger partial charge in [-0.3, -0.25) is 0 Å². The van der Waals surface area contributed by atoms with Gasteiger partial charge in [0.1, 0.15) is 0 Å². The van der Waals surface area contributed by atoms with Crippen LogP contribution in [-0.4, -0.2) is 6.54 Å². The van der Waals surface area contributed by atoms with Crippen molar-refractivity contribution < 1.29 is 31.0 Å². The summed E-state index contributed by atoms with van der Waals surface area (Å²) in [6.45, 7) is 2.85. The fraction of sp³-hybridized carbons (Fsp3) is 1.00. The molecule has 0 aliphatic carbocycles. The number of azide groups is 1. The van der Waals surface area contributed by atoms with Gasteiger partial charge in [-0.05, 0) is 12.0 Å². The zero-order chi connectivity index (χ0) is 7.66. The molecule has 0 saturated heterocycles. The van der Waals surface area contributed by atoms with Crippen molar-refractivity contribution >= 4 is 0 Å². The molecule has 0 amide bonds. The second kappa shape index (κ2) is 12.9. The maximum atomic E-state index is 7.93. The minimum atomic E-state index is 0. The Hall–Kier alpha value is 0.310. The van der Waals surface area contributed by atoms with Crippen LogP contribution in [0.3, 0.4) is 0 Å². The molecule has 4 heteroatoms. The van der Waals surface area contributed by atoms with Crippen molar-refractivity contribution in [2.75, 3.05) is 6.54 Å². The van der Waals surface area contributed by atoms with Crippen LogP contribution in [0.5, 0.6) is 0 Å². The van der Waals surface area contributed by atoms with E-state index in [2.05, 4.69) is 16.9 Å². The first-order valence-corrected chi connectivity index (χ1v) is 3.92. The Morgan fingerprint density at radius 2 is 1.91 bits per heavy atom. The van der Waals surface area contributed by atoms with Crippen molar-refractivity contribution in [3.05, 3.63) is 10.4 Å². The molecule has 0 rings (SSSR count). The molecule has 0 unspecified atom stereocenters. The Balaban J connectivity index is -0.000000405. The maximum absolute atomic E-state index is 7.93. The summed E-state index contributed by atoms with van der Waals surface area (Å²) in [6.07, 6.45) is 6.09. The number of unbranched alkanes of at least 4 members (excludes halogenated alkanes) is 4. The average molecular weight is 165 g/mol. The van der Waals surface area contributed by atoms with E-state index in [0.717, 1.165) is 6.42 Å². The van der Waals surface area contributed by atoms with Gasteiger partial charge < -0.3 is 1.43 Å². The summed E-state index contributed by atoms with van der Waals surface area (Å²) >= 11 is 0. The van der Waals surface area contributed by atoms with E-state index in [1.807, 2.05) is 0 Å². The fourth-order valence-corrected chi connectivity index (χ4v) is 0.831. The van der Waals surface area contributed by atoms with Gasteiger partial charge in [0.05, 0.1) is 0 Å². The normalized spacial score (nSPS) is 8.09. The van der Waals surface area contributed by atoms with E-state index >= 15 is 0 Å². The van der Waals surface area contributed by atoms with Crippen LogP contribution in [0.15, 0.2) is 5.11 Å². The summed E-state index contributed by atoms with van der Waals surface area (Å²) in [5.74, 6) is 0. The first-order chi connectivity index (χ1) is 4.91. The van der Waals surface area contributed by atoms with E-state index in [1.165, 1.54) is 25.7 Å². The molecule has 3 nitrogen and oxygen atoms in total. The summed E-state index contributed by atoms with van der Waals surface area (Å²) in [7, 11) is 0. The number of rotatable bonds is 6. The molecule has 0 spiro atoms. The predicted octanol–water partition coefficient (Wildman–Crippen LogP) is 0.384. The second-order valence-electron chi connectivity index (χ2n) is 2.37.